The van der Waals surface area contributed by atoms with Gasteiger partial charge < -0.3 is 4.74 Å². The quantitative estimate of drug-likeness (QED) is 0.515. The lowest BCUT2D eigenvalue weighted by Crippen LogP contribution is -2.28. The molecule has 1 aliphatic rings. The summed E-state index contributed by atoms with van der Waals surface area (Å²) in [6.07, 6.45) is 5.01. The van der Waals surface area contributed by atoms with E-state index in [4.69, 9.17) is 9.02 Å². The van der Waals surface area contributed by atoms with E-state index in [9.17, 15) is 8.42 Å². The van der Waals surface area contributed by atoms with Crippen LogP contribution in [-0.4, -0.2) is 39.5 Å². The zero-order valence-electron chi connectivity index (χ0n) is 13.5. The molecule has 6 heteroatoms. The maximum absolute atomic E-state index is 11.4. The molecule has 1 aliphatic carbocycles. The zero-order chi connectivity index (χ0) is 16.2. The van der Waals surface area contributed by atoms with Crippen molar-refractivity contribution in [3.8, 4) is 0 Å². The van der Waals surface area contributed by atoms with Crippen LogP contribution >= 0.6 is 0 Å². The summed E-state index contributed by atoms with van der Waals surface area (Å²) in [6.45, 7) is 3.34. The van der Waals surface area contributed by atoms with E-state index in [0.29, 0.717) is 6.54 Å². The molecule has 1 saturated carbocycles. The monoisotopic (exact) mass is 327 g/mol. The molecule has 2 rings (SSSR count). The van der Waals surface area contributed by atoms with Gasteiger partial charge in [0.1, 0.15) is 0 Å². The third kappa shape index (κ3) is 5.68. The van der Waals surface area contributed by atoms with Crippen molar-refractivity contribution in [2.75, 3.05) is 20.0 Å². The number of aryl methyl sites for hydroxylation is 2. The molecular formula is C16H25NO4S. The molecule has 0 amide bonds. The SMILES string of the molecule is COCCCc1cc(CN(OS(C)(=O)=O)C2CC2)ccc1C. The minimum absolute atomic E-state index is 0.216. The van der Waals surface area contributed by atoms with Crippen LogP contribution in [0.2, 0.25) is 0 Å². The second kappa shape index (κ2) is 7.55. The Morgan fingerprint density at radius 2 is 2.05 bits per heavy atom. The van der Waals surface area contributed by atoms with E-state index in [1.54, 1.807) is 12.2 Å². The molecule has 0 atom stereocenters. The molecule has 0 spiro atoms. The van der Waals surface area contributed by atoms with Gasteiger partial charge in [0.05, 0.1) is 12.8 Å². The molecule has 0 radical (unpaired) electrons. The van der Waals surface area contributed by atoms with Crippen molar-refractivity contribution in [2.24, 2.45) is 0 Å². The van der Waals surface area contributed by atoms with Crippen molar-refractivity contribution < 1.29 is 17.4 Å². The predicted molar refractivity (Wildman–Crippen MR) is 85.9 cm³/mol. The summed E-state index contributed by atoms with van der Waals surface area (Å²) in [6, 6.07) is 6.48. The highest BCUT2D eigenvalue weighted by Gasteiger charge is 2.32. The van der Waals surface area contributed by atoms with Gasteiger partial charge in [0, 0.05) is 19.8 Å². The first-order valence-electron chi connectivity index (χ1n) is 7.62. The second-order valence-corrected chi connectivity index (χ2v) is 7.50. The molecule has 0 aromatic heterocycles. The lowest BCUT2D eigenvalue weighted by molar-refractivity contribution is -0.0682. The molecule has 1 aromatic carbocycles. The van der Waals surface area contributed by atoms with E-state index in [-0.39, 0.29) is 6.04 Å². The third-order valence-corrected chi connectivity index (χ3v) is 4.19. The van der Waals surface area contributed by atoms with Crippen molar-refractivity contribution in [2.45, 2.75) is 45.2 Å². The third-order valence-electron chi connectivity index (χ3n) is 3.73. The number of benzene rings is 1. The number of hydroxylamine groups is 2. The Morgan fingerprint density at radius 3 is 2.64 bits per heavy atom. The highest BCUT2D eigenvalue weighted by molar-refractivity contribution is 7.85. The number of hydrogen-bond donors (Lipinski definition) is 0. The van der Waals surface area contributed by atoms with E-state index in [1.165, 1.54) is 11.1 Å². The van der Waals surface area contributed by atoms with E-state index >= 15 is 0 Å². The van der Waals surface area contributed by atoms with Crippen LogP contribution in [0.3, 0.4) is 0 Å². The predicted octanol–water partition coefficient (Wildman–Crippen LogP) is 2.43. The van der Waals surface area contributed by atoms with Gasteiger partial charge in [0.15, 0.2) is 0 Å². The smallest absolute Gasteiger partial charge is 0.280 e. The fourth-order valence-electron chi connectivity index (χ4n) is 2.43. The van der Waals surface area contributed by atoms with Crippen molar-refractivity contribution >= 4 is 10.1 Å². The molecule has 5 nitrogen and oxygen atoms in total. The summed E-state index contributed by atoms with van der Waals surface area (Å²) in [5, 5.41) is 1.60. The minimum atomic E-state index is -3.47. The van der Waals surface area contributed by atoms with Crippen molar-refractivity contribution in [3.63, 3.8) is 0 Å². The largest absolute Gasteiger partial charge is 0.385 e. The average Bonchev–Trinajstić information content (AvgIpc) is 3.24. The number of rotatable bonds is 9. The molecule has 1 fully saturated rings. The van der Waals surface area contributed by atoms with Crippen molar-refractivity contribution in [1.82, 2.24) is 5.06 Å². The topological polar surface area (TPSA) is 55.8 Å². The van der Waals surface area contributed by atoms with Crippen LogP contribution in [0.5, 0.6) is 0 Å². The number of nitrogens with zero attached hydrogens (tertiary/aromatic N) is 1. The van der Waals surface area contributed by atoms with Crippen LogP contribution in [-0.2, 0) is 32.1 Å². The Bertz CT molecular complexity index is 596. The summed E-state index contributed by atoms with van der Waals surface area (Å²) >= 11 is 0. The molecular weight excluding hydrogens is 302 g/mol. The van der Waals surface area contributed by atoms with Crippen LogP contribution in [0.15, 0.2) is 18.2 Å². The van der Waals surface area contributed by atoms with Gasteiger partial charge in [-0.1, -0.05) is 18.2 Å². The highest BCUT2D eigenvalue weighted by atomic mass is 32.2. The maximum Gasteiger partial charge on any atom is 0.280 e. The van der Waals surface area contributed by atoms with E-state index in [1.807, 2.05) is 6.07 Å². The molecule has 22 heavy (non-hydrogen) atoms. The summed E-state index contributed by atoms with van der Waals surface area (Å²) in [7, 11) is -1.77. The molecule has 124 valence electrons. The summed E-state index contributed by atoms with van der Waals surface area (Å²) < 4.78 is 33.0. The standard InChI is InChI=1S/C16H25NO4S/c1-13-6-7-14(11-15(13)5-4-10-20-2)12-17(16-8-9-16)21-22(3,18)19/h6-7,11,16H,4-5,8-10,12H2,1-3H3. The normalized spacial score (nSPS) is 15.5. The summed E-state index contributed by atoms with van der Waals surface area (Å²) in [5.74, 6) is 0. The first kappa shape index (κ1) is 17.4. The van der Waals surface area contributed by atoms with Gasteiger partial charge in [-0.05, 0) is 49.3 Å². The van der Waals surface area contributed by atoms with Gasteiger partial charge in [-0.25, -0.2) is 0 Å². The summed E-state index contributed by atoms with van der Waals surface area (Å²) in [4.78, 5) is 0. The molecule has 0 heterocycles. The van der Waals surface area contributed by atoms with Crippen LogP contribution in [0.4, 0.5) is 0 Å². The second-order valence-electron chi connectivity index (χ2n) is 5.94. The van der Waals surface area contributed by atoms with E-state index < -0.39 is 10.1 Å². The van der Waals surface area contributed by atoms with Crippen LogP contribution in [0.25, 0.3) is 0 Å². The lowest BCUT2D eigenvalue weighted by Gasteiger charge is -2.20. The first-order valence-corrected chi connectivity index (χ1v) is 9.44. The average molecular weight is 327 g/mol. The van der Waals surface area contributed by atoms with Gasteiger partial charge in [-0.2, -0.15) is 17.8 Å². The van der Waals surface area contributed by atoms with Crippen molar-refractivity contribution in [1.29, 1.82) is 0 Å². The molecule has 0 unspecified atom stereocenters. The molecule has 0 aliphatic heterocycles. The lowest BCUT2D eigenvalue weighted by atomic mass is 10.0. The van der Waals surface area contributed by atoms with Crippen LogP contribution in [0.1, 0.15) is 36.0 Å². The molecule has 0 bridgehead atoms. The fraction of sp³-hybridized carbons (Fsp3) is 0.625. The number of hydrogen-bond acceptors (Lipinski definition) is 5. The van der Waals surface area contributed by atoms with Gasteiger partial charge in [-0.3, -0.25) is 0 Å². The van der Waals surface area contributed by atoms with Crippen LogP contribution in [0, 0.1) is 6.92 Å². The van der Waals surface area contributed by atoms with Gasteiger partial charge in [0.25, 0.3) is 10.1 Å². The Morgan fingerprint density at radius 1 is 1.32 bits per heavy atom. The number of methoxy groups -OCH3 is 1. The minimum Gasteiger partial charge on any atom is -0.385 e. The molecule has 0 saturated heterocycles. The Kier molecular flexibility index (Phi) is 5.97. The van der Waals surface area contributed by atoms with Crippen LogP contribution < -0.4 is 0 Å². The van der Waals surface area contributed by atoms with E-state index in [0.717, 1.165) is 44.1 Å². The molecule has 0 N–H and O–H groups in total. The highest BCUT2D eigenvalue weighted by Crippen LogP contribution is 2.29. The summed E-state index contributed by atoms with van der Waals surface area (Å²) in [5.41, 5.74) is 3.61. The van der Waals surface area contributed by atoms with E-state index in [2.05, 4.69) is 19.1 Å². The van der Waals surface area contributed by atoms with Crippen molar-refractivity contribution in [3.05, 3.63) is 34.9 Å². The van der Waals surface area contributed by atoms with Gasteiger partial charge in [-0.15, -0.1) is 0 Å². The Hall–Kier alpha value is -0.950. The fourth-order valence-corrected chi connectivity index (χ4v) is 2.95. The molecule has 1 aromatic rings. The first-order chi connectivity index (χ1) is 10.4. The Labute approximate surface area is 133 Å². The zero-order valence-corrected chi connectivity index (χ0v) is 14.4. The number of ether oxygens (including phenoxy) is 1. The maximum atomic E-state index is 11.4. The van der Waals surface area contributed by atoms with Gasteiger partial charge >= 0.3 is 0 Å². The van der Waals surface area contributed by atoms with Gasteiger partial charge in [0.2, 0.25) is 0 Å². The Balaban J connectivity index is 2.05.